The van der Waals surface area contributed by atoms with Gasteiger partial charge in [0.15, 0.2) is 29.0 Å². The number of benzene rings is 2. The molecule has 174 valence electrons. The van der Waals surface area contributed by atoms with Crippen LogP contribution in [0.15, 0.2) is 35.2 Å². The Kier molecular flexibility index (Phi) is 7.64. The summed E-state index contributed by atoms with van der Waals surface area (Å²) in [7, 11) is 1.47. The van der Waals surface area contributed by atoms with Crippen molar-refractivity contribution >= 4 is 40.6 Å². The molecule has 0 bridgehead atoms. The highest BCUT2D eigenvalue weighted by molar-refractivity contribution is 8.18. The highest BCUT2D eigenvalue weighted by Crippen LogP contribution is 2.34. The van der Waals surface area contributed by atoms with E-state index in [0.717, 1.165) is 12.5 Å². The summed E-state index contributed by atoms with van der Waals surface area (Å²) in [5.74, 6) is -5.45. The minimum absolute atomic E-state index is 0.0658. The van der Waals surface area contributed by atoms with Crippen LogP contribution in [0.2, 0.25) is 0 Å². The summed E-state index contributed by atoms with van der Waals surface area (Å²) >= 11 is 0.627. The second kappa shape index (κ2) is 10.4. The van der Waals surface area contributed by atoms with E-state index in [1.165, 1.54) is 13.2 Å². The number of rotatable bonds is 8. The second-order valence-electron chi connectivity index (χ2n) is 6.80. The Morgan fingerprint density at radius 3 is 2.58 bits per heavy atom. The van der Waals surface area contributed by atoms with E-state index in [1.807, 2.05) is 12.2 Å². The molecule has 3 amide bonds. The number of nitrogens with zero attached hydrogens (tertiary/aromatic N) is 1. The van der Waals surface area contributed by atoms with Crippen LogP contribution in [0.1, 0.15) is 18.9 Å². The maximum Gasteiger partial charge on any atom is 0.294 e. The summed E-state index contributed by atoms with van der Waals surface area (Å²) in [5, 5.41) is 1.32. The van der Waals surface area contributed by atoms with Crippen molar-refractivity contribution in [1.29, 1.82) is 0 Å². The lowest BCUT2D eigenvalue weighted by atomic mass is 10.2. The molecule has 1 aliphatic rings. The van der Waals surface area contributed by atoms with Crippen molar-refractivity contribution < 1.29 is 37.0 Å². The molecule has 0 unspecified atom stereocenters. The highest BCUT2D eigenvalue weighted by atomic mass is 32.2. The molecule has 0 saturated carbocycles. The molecule has 2 aromatic carbocycles. The predicted molar refractivity (Wildman–Crippen MR) is 116 cm³/mol. The molecule has 1 fully saturated rings. The Morgan fingerprint density at radius 2 is 1.88 bits per heavy atom. The Balaban J connectivity index is 1.72. The number of anilines is 1. The third-order valence-electron chi connectivity index (χ3n) is 4.43. The number of ether oxygens (including phenoxy) is 2. The van der Waals surface area contributed by atoms with Gasteiger partial charge in [0.2, 0.25) is 5.91 Å². The molecule has 0 spiro atoms. The van der Waals surface area contributed by atoms with Gasteiger partial charge in [-0.1, -0.05) is 13.0 Å². The van der Waals surface area contributed by atoms with Crippen LogP contribution in [0.4, 0.5) is 23.7 Å². The summed E-state index contributed by atoms with van der Waals surface area (Å²) in [5.41, 5.74) is -0.0478. The van der Waals surface area contributed by atoms with E-state index < -0.39 is 46.7 Å². The van der Waals surface area contributed by atoms with Crippen LogP contribution in [0.25, 0.3) is 6.08 Å². The Morgan fingerprint density at radius 1 is 1.12 bits per heavy atom. The molecular formula is C22H19F3N2O5S. The molecule has 7 nitrogen and oxygen atoms in total. The Bertz CT molecular complexity index is 1140. The first-order chi connectivity index (χ1) is 15.7. The van der Waals surface area contributed by atoms with Crippen molar-refractivity contribution in [3.8, 4) is 11.5 Å². The zero-order valence-corrected chi connectivity index (χ0v) is 18.4. The number of imide groups is 1. The molecule has 1 N–H and O–H groups in total. The van der Waals surface area contributed by atoms with Gasteiger partial charge in [-0.25, -0.2) is 13.2 Å². The van der Waals surface area contributed by atoms with Gasteiger partial charge in [-0.05, 0) is 54.1 Å². The summed E-state index contributed by atoms with van der Waals surface area (Å²) in [4.78, 5) is 37.8. The minimum Gasteiger partial charge on any atom is -0.493 e. The minimum atomic E-state index is -1.75. The van der Waals surface area contributed by atoms with E-state index >= 15 is 0 Å². The summed E-state index contributed by atoms with van der Waals surface area (Å²) in [6.07, 6.45) is 2.28. The molecular weight excluding hydrogens is 461 g/mol. The number of methoxy groups -OCH3 is 1. The highest BCUT2D eigenvalue weighted by Gasteiger charge is 2.36. The number of nitrogens with one attached hydrogen (secondary N) is 1. The fourth-order valence-corrected chi connectivity index (χ4v) is 3.69. The van der Waals surface area contributed by atoms with Gasteiger partial charge in [-0.2, -0.15) is 0 Å². The van der Waals surface area contributed by atoms with E-state index in [1.54, 1.807) is 18.2 Å². The predicted octanol–water partition coefficient (Wildman–Crippen LogP) is 4.58. The van der Waals surface area contributed by atoms with Gasteiger partial charge in [0.25, 0.3) is 11.1 Å². The summed E-state index contributed by atoms with van der Waals surface area (Å²) in [6, 6.07) is 6.47. The van der Waals surface area contributed by atoms with Crippen LogP contribution in [0.3, 0.4) is 0 Å². The second-order valence-corrected chi connectivity index (χ2v) is 7.79. The molecule has 33 heavy (non-hydrogen) atoms. The summed E-state index contributed by atoms with van der Waals surface area (Å²) < 4.78 is 51.0. The number of amides is 3. The van der Waals surface area contributed by atoms with Gasteiger partial charge >= 0.3 is 0 Å². The van der Waals surface area contributed by atoms with E-state index in [9.17, 15) is 27.6 Å². The number of hydrogen-bond acceptors (Lipinski definition) is 6. The fraction of sp³-hybridized carbons (Fsp3) is 0.227. The molecule has 11 heteroatoms. The normalized spacial score (nSPS) is 14.7. The largest absolute Gasteiger partial charge is 0.493 e. The summed E-state index contributed by atoms with van der Waals surface area (Å²) in [6.45, 7) is 1.74. The standard InChI is InChI=1S/C22H19F3N2O5S/c1-3-8-32-15-7-4-12(9-16(15)31-2)10-17-21(29)27(22(30)33-17)11-18(28)26-14-6-5-13(23)19(24)20(14)25/h4-7,9-10H,3,8,11H2,1-2H3,(H,26,28)/b17-10-. The van der Waals surface area contributed by atoms with Crippen molar-refractivity contribution in [2.45, 2.75) is 13.3 Å². The quantitative estimate of drug-likeness (QED) is 0.440. The Labute approximate surface area is 191 Å². The van der Waals surface area contributed by atoms with E-state index in [2.05, 4.69) is 0 Å². The number of carbonyl (C=O) groups excluding carboxylic acids is 3. The number of halogens is 3. The van der Waals surface area contributed by atoms with E-state index in [4.69, 9.17) is 9.47 Å². The molecule has 2 aromatic rings. The maximum atomic E-state index is 13.7. The SMILES string of the molecule is CCCOc1ccc(/C=C2\SC(=O)N(CC(=O)Nc3ccc(F)c(F)c3F)C2=O)cc1OC. The van der Waals surface area contributed by atoms with Crippen LogP contribution in [0, 0.1) is 17.5 Å². The molecule has 3 rings (SSSR count). The molecule has 0 atom stereocenters. The van der Waals surface area contributed by atoms with Gasteiger partial charge in [-0.3, -0.25) is 19.3 Å². The van der Waals surface area contributed by atoms with Crippen LogP contribution >= 0.6 is 11.8 Å². The van der Waals surface area contributed by atoms with Crippen molar-refractivity contribution in [1.82, 2.24) is 4.90 Å². The molecule has 1 heterocycles. The van der Waals surface area contributed by atoms with Gasteiger partial charge < -0.3 is 14.8 Å². The molecule has 0 radical (unpaired) electrons. The smallest absolute Gasteiger partial charge is 0.294 e. The third-order valence-corrected chi connectivity index (χ3v) is 5.34. The van der Waals surface area contributed by atoms with Crippen molar-refractivity contribution in [2.75, 3.05) is 25.6 Å². The van der Waals surface area contributed by atoms with Crippen molar-refractivity contribution in [2.24, 2.45) is 0 Å². The van der Waals surface area contributed by atoms with Gasteiger partial charge in [0, 0.05) is 0 Å². The zero-order valence-electron chi connectivity index (χ0n) is 17.6. The van der Waals surface area contributed by atoms with Crippen LogP contribution in [0.5, 0.6) is 11.5 Å². The monoisotopic (exact) mass is 480 g/mol. The van der Waals surface area contributed by atoms with Crippen molar-refractivity contribution in [3.05, 3.63) is 58.3 Å². The maximum absolute atomic E-state index is 13.7. The van der Waals surface area contributed by atoms with Gasteiger partial charge in [-0.15, -0.1) is 0 Å². The lowest BCUT2D eigenvalue weighted by Gasteiger charge is -2.13. The lowest BCUT2D eigenvalue weighted by molar-refractivity contribution is -0.127. The number of thioether (sulfide) groups is 1. The van der Waals surface area contributed by atoms with Crippen LogP contribution in [-0.4, -0.2) is 42.2 Å². The first-order valence-electron chi connectivity index (χ1n) is 9.74. The van der Waals surface area contributed by atoms with Gasteiger partial charge in [0.05, 0.1) is 24.3 Å². The van der Waals surface area contributed by atoms with E-state index in [-0.39, 0.29) is 4.91 Å². The molecule has 0 aliphatic carbocycles. The van der Waals surface area contributed by atoms with Crippen molar-refractivity contribution in [3.63, 3.8) is 0 Å². The Hall–Kier alpha value is -3.47. The number of hydrogen-bond donors (Lipinski definition) is 1. The third kappa shape index (κ3) is 5.48. The van der Waals surface area contributed by atoms with Crippen LogP contribution in [-0.2, 0) is 9.59 Å². The molecule has 0 aromatic heterocycles. The average molecular weight is 480 g/mol. The lowest BCUT2D eigenvalue weighted by Crippen LogP contribution is -2.36. The fourth-order valence-electron chi connectivity index (χ4n) is 2.85. The van der Waals surface area contributed by atoms with E-state index in [0.29, 0.717) is 46.4 Å². The average Bonchev–Trinajstić information content (AvgIpc) is 3.05. The zero-order chi connectivity index (χ0) is 24.1. The molecule has 1 aliphatic heterocycles. The number of carbonyl (C=O) groups is 3. The van der Waals surface area contributed by atoms with Gasteiger partial charge in [0.1, 0.15) is 6.54 Å². The molecule has 1 saturated heterocycles. The first kappa shape index (κ1) is 24.2. The van der Waals surface area contributed by atoms with Crippen LogP contribution < -0.4 is 14.8 Å². The first-order valence-corrected chi connectivity index (χ1v) is 10.6. The topological polar surface area (TPSA) is 84.9 Å².